The second-order valence-electron chi connectivity index (χ2n) is 4.15. The highest BCUT2D eigenvalue weighted by molar-refractivity contribution is 5.85. The Morgan fingerprint density at radius 2 is 1.57 bits per heavy atom. The Balaban J connectivity index is 0.000000845. The molecule has 2 nitrogen and oxygen atoms in total. The summed E-state index contributed by atoms with van der Waals surface area (Å²) in [4.78, 5) is 0. The van der Waals surface area contributed by atoms with Crippen LogP contribution in [-0.2, 0) is 0 Å². The monoisotopic (exact) mass is 240 g/mol. The molecule has 14 heavy (non-hydrogen) atoms. The summed E-state index contributed by atoms with van der Waals surface area (Å²) >= 11 is 0. The summed E-state index contributed by atoms with van der Waals surface area (Å²) in [6, 6.07) is 0.814. The topological polar surface area (TPSA) is 24.1 Å². The van der Waals surface area contributed by atoms with Crippen molar-refractivity contribution in [1.82, 2.24) is 10.6 Å². The van der Waals surface area contributed by atoms with Gasteiger partial charge in [0.1, 0.15) is 0 Å². The molecule has 0 bridgehead atoms. The molecule has 1 unspecified atom stereocenters. The van der Waals surface area contributed by atoms with Gasteiger partial charge in [0, 0.05) is 6.04 Å². The Labute approximate surface area is 99.4 Å². The quantitative estimate of drug-likeness (QED) is 0.776. The Morgan fingerprint density at radius 3 is 2.14 bits per heavy atom. The zero-order chi connectivity index (χ0) is 8.23. The highest BCUT2D eigenvalue weighted by atomic mass is 35.5. The van der Waals surface area contributed by atoms with Gasteiger partial charge in [-0.15, -0.1) is 24.8 Å². The normalized spacial score (nSPS) is 27.9. The molecule has 2 N–H and O–H groups in total. The van der Waals surface area contributed by atoms with Crippen molar-refractivity contribution in [3.63, 3.8) is 0 Å². The van der Waals surface area contributed by atoms with Crippen LogP contribution in [0.15, 0.2) is 0 Å². The summed E-state index contributed by atoms with van der Waals surface area (Å²) in [5.74, 6) is 0. The second kappa shape index (κ2) is 7.75. The van der Waals surface area contributed by atoms with Crippen LogP contribution in [0.1, 0.15) is 44.9 Å². The minimum atomic E-state index is 0. The van der Waals surface area contributed by atoms with Gasteiger partial charge in [-0.3, -0.25) is 5.32 Å². The highest BCUT2D eigenvalue weighted by Gasteiger charge is 2.19. The first-order chi connectivity index (χ1) is 5.95. The van der Waals surface area contributed by atoms with Crippen molar-refractivity contribution < 1.29 is 0 Å². The highest BCUT2D eigenvalue weighted by Crippen LogP contribution is 2.18. The molecule has 0 aromatic heterocycles. The van der Waals surface area contributed by atoms with Crippen LogP contribution >= 0.6 is 24.8 Å². The van der Waals surface area contributed by atoms with Crippen LogP contribution in [0.4, 0.5) is 0 Å². The maximum atomic E-state index is 3.71. The zero-order valence-electron chi connectivity index (χ0n) is 8.63. The molecule has 0 amide bonds. The van der Waals surface area contributed by atoms with Gasteiger partial charge >= 0.3 is 0 Å². The van der Waals surface area contributed by atoms with Gasteiger partial charge in [0.05, 0.1) is 6.17 Å². The van der Waals surface area contributed by atoms with Gasteiger partial charge in [-0.2, -0.15) is 0 Å². The van der Waals surface area contributed by atoms with Crippen molar-refractivity contribution in [2.45, 2.75) is 57.2 Å². The Morgan fingerprint density at radius 1 is 0.857 bits per heavy atom. The molecule has 0 aromatic carbocycles. The third kappa shape index (κ3) is 4.35. The van der Waals surface area contributed by atoms with E-state index in [9.17, 15) is 0 Å². The molecule has 1 saturated carbocycles. The largest absolute Gasteiger partial charge is 0.302 e. The van der Waals surface area contributed by atoms with E-state index in [1.54, 1.807) is 0 Å². The SMILES string of the molecule is C1CCC(NC2CCCN2)CC1.Cl.Cl. The van der Waals surface area contributed by atoms with Crippen molar-refractivity contribution in [2.75, 3.05) is 6.54 Å². The fourth-order valence-electron chi connectivity index (χ4n) is 2.38. The summed E-state index contributed by atoms with van der Waals surface area (Å²) in [7, 11) is 0. The Bertz CT molecular complexity index is 132. The molecular formula is C10H22Cl2N2. The molecule has 86 valence electrons. The lowest BCUT2D eigenvalue weighted by Crippen LogP contribution is -2.44. The van der Waals surface area contributed by atoms with Gasteiger partial charge in [-0.1, -0.05) is 19.3 Å². The van der Waals surface area contributed by atoms with Crippen LogP contribution in [0.2, 0.25) is 0 Å². The summed E-state index contributed by atoms with van der Waals surface area (Å²) in [5.41, 5.74) is 0. The molecule has 1 aliphatic carbocycles. The lowest BCUT2D eigenvalue weighted by atomic mass is 9.95. The first-order valence-electron chi connectivity index (χ1n) is 5.44. The molecule has 1 heterocycles. The predicted molar refractivity (Wildman–Crippen MR) is 65.5 cm³/mol. The summed E-state index contributed by atoms with van der Waals surface area (Å²) in [5, 5.41) is 7.20. The summed E-state index contributed by atoms with van der Waals surface area (Å²) in [6.07, 6.45) is 10.4. The van der Waals surface area contributed by atoms with Gasteiger partial charge in [0.2, 0.25) is 0 Å². The van der Waals surface area contributed by atoms with E-state index in [-0.39, 0.29) is 24.8 Å². The molecule has 0 spiro atoms. The number of nitrogens with one attached hydrogen (secondary N) is 2. The average Bonchev–Trinajstić information content (AvgIpc) is 2.59. The first kappa shape index (κ1) is 14.5. The van der Waals surface area contributed by atoms with Crippen LogP contribution in [0.25, 0.3) is 0 Å². The van der Waals surface area contributed by atoms with Gasteiger partial charge < -0.3 is 5.32 Å². The van der Waals surface area contributed by atoms with Gasteiger partial charge in [-0.05, 0) is 32.2 Å². The molecule has 0 radical (unpaired) electrons. The van der Waals surface area contributed by atoms with E-state index in [2.05, 4.69) is 10.6 Å². The van der Waals surface area contributed by atoms with Gasteiger partial charge in [-0.25, -0.2) is 0 Å². The molecule has 2 aliphatic rings. The maximum Gasteiger partial charge on any atom is 0.0574 e. The van der Waals surface area contributed by atoms with Gasteiger partial charge in [0.25, 0.3) is 0 Å². The Kier molecular flexibility index (Phi) is 8.02. The second-order valence-corrected chi connectivity index (χ2v) is 4.15. The van der Waals surface area contributed by atoms with Crippen LogP contribution in [0.3, 0.4) is 0 Å². The van der Waals surface area contributed by atoms with E-state index < -0.39 is 0 Å². The minimum absolute atomic E-state index is 0. The molecule has 2 rings (SSSR count). The third-order valence-corrected chi connectivity index (χ3v) is 3.10. The number of rotatable bonds is 2. The van der Waals surface area contributed by atoms with E-state index in [0.717, 1.165) is 6.04 Å². The van der Waals surface area contributed by atoms with Crippen molar-refractivity contribution in [3.05, 3.63) is 0 Å². The average molecular weight is 241 g/mol. The number of halogens is 2. The zero-order valence-corrected chi connectivity index (χ0v) is 10.3. The minimum Gasteiger partial charge on any atom is -0.302 e. The van der Waals surface area contributed by atoms with E-state index in [4.69, 9.17) is 0 Å². The van der Waals surface area contributed by atoms with Crippen LogP contribution in [-0.4, -0.2) is 18.8 Å². The fourth-order valence-corrected chi connectivity index (χ4v) is 2.38. The molecule has 1 atom stereocenters. The summed E-state index contributed by atoms with van der Waals surface area (Å²) in [6.45, 7) is 1.21. The molecule has 1 aliphatic heterocycles. The molecule has 2 fully saturated rings. The number of hydrogen-bond donors (Lipinski definition) is 2. The molecule has 4 heteroatoms. The smallest absolute Gasteiger partial charge is 0.0574 e. The van der Waals surface area contributed by atoms with Crippen molar-refractivity contribution in [2.24, 2.45) is 0 Å². The van der Waals surface area contributed by atoms with Crippen molar-refractivity contribution in [3.8, 4) is 0 Å². The lowest BCUT2D eigenvalue weighted by molar-refractivity contribution is 0.325. The van der Waals surface area contributed by atoms with E-state index in [1.165, 1.54) is 51.5 Å². The number of hydrogen-bond acceptors (Lipinski definition) is 2. The summed E-state index contributed by atoms with van der Waals surface area (Å²) < 4.78 is 0. The molecular weight excluding hydrogens is 219 g/mol. The lowest BCUT2D eigenvalue weighted by Gasteiger charge is -2.26. The van der Waals surface area contributed by atoms with E-state index in [0.29, 0.717) is 6.17 Å². The Hall–Kier alpha value is 0.500. The molecule has 1 saturated heterocycles. The van der Waals surface area contributed by atoms with Crippen molar-refractivity contribution >= 4 is 24.8 Å². The fraction of sp³-hybridized carbons (Fsp3) is 1.00. The van der Waals surface area contributed by atoms with Crippen LogP contribution in [0, 0.1) is 0 Å². The predicted octanol–water partition coefficient (Wildman–Crippen LogP) is 2.46. The maximum absolute atomic E-state index is 3.71. The van der Waals surface area contributed by atoms with E-state index in [1.807, 2.05) is 0 Å². The van der Waals surface area contributed by atoms with Gasteiger partial charge in [0.15, 0.2) is 0 Å². The third-order valence-electron chi connectivity index (χ3n) is 3.10. The van der Waals surface area contributed by atoms with Crippen LogP contribution < -0.4 is 10.6 Å². The van der Waals surface area contributed by atoms with Crippen LogP contribution in [0.5, 0.6) is 0 Å². The van der Waals surface area contributed by atoms with E-state index >= 15 is 0 Å². The van der Waals surface area contributed by atoms with Crippen molar-refractivity contribution in [1.29, 1.82) is 0 Å². The standard InChI is InChI=1S/C10H20N2.2ClH/c1-2-5-9(6-3-1)12-10-7-4-8-11-10;;/h9-12H,1-8H2;2*1H. The first-order valence-corrected chi connectivity index (χ1v) is 5.44. The molecule has 0 aromatic rings.